The van der Waals surface area contributed by atoms with Gasteiger partial charge in [0.15, 0.2) is 0 Å². The first kappa shape index (κ1) is 18.7. The lowest BCUT2D eigenvalue weighted by Crippen LogP contribution is -2.25. The van der Waals surface area contributed by atoms with E-state index >= 15 is 0 Å². The second kappa shape index (κ2) is 14.2. The highest BCUT2D eigenvalue weighted by Crippen LogP contribution is 2.01. The average Bonchev–Trinajstić information content (AvgIpc) is 2.43. The predicted molar refractivity (Wildman–Crippen MR) is 78.6 cm³/mol. The summed E-state index contributed by atoms with van der Waals surface area (Å²) >= 11 is 0. The van der Waals surface area contributed by atoms with E-state index in [1.807, 2.05) is 0 Å². The number of hydrogen-bond donors (Lipinski definition) is 1. The molecule has 0 radical (unpaired) electrons. The van der Waals surface area contributed by atoms with E-state index in [9.17, 15) is 9.59 Å². The fraction of sp³-hybridized carbons (Fsp3) is 0.867. The third-order valence-corrected chi connectivity index (χ3v) is 2.82. The van der Waals surface area contributed by atoms with Gasteiger partial charge in [-0.15, -0.1) is 0 Å². The van der Waals surface area contributed by atoms with Crippen molar-refractivity contribution in [3.63, 3.8) is 0 Å². The first-order chi connectivity index (χ1) is 9.70. The molecule has 0 heterocycles. The second-order valence-electron chi connectivity index (χ2n) is 4.80. The van der Waals surface area contributed by atoms with Gasteiger partial charge in [0, 0.05) is 13.0 Å². The molecular weight excluding hydrogens is 258 g/mol. The minimum Gasteiger partial charge on any atom is -0.466 e. The summed E-state index contributed by atoms with van der Waals surface area (Å²) in [6, 6.07) is 0. The number of esters is 1. The third kappa shape index (κ3) is 13.2. The Kier molecular flexibility index (Phi) is 13.3. The molecule has 0 aromatic rings. The Balaban J connectivity index is 3.27. The van der Waals surface area contributed by atoms with Crippen LogP contribution >= 0.6 is 0 Å². The Bertz CT molecular complexity index is 230. The number of unbranched alkanes of at least 4 members (excludes halogenated alkanes) is 4. The number of amides is 1. The van der Waals surface area contributed by atoms with Crippen LogP contribution in [-0.2, 0) is 14.3 Å². The zero-order chi connectivity index (χ0) is 15.1. The van der Waals surface area contributed by atoms with Crippen molar-refractivity contribution in [1.29, 1.82) is 0 Å². The molecule has 0 aromatic heterocycles. The Morgan fingerprint density at radius 1 is 0.850 bits per heavy atom. The van der Waals surface area contributed by atoms with Gasteiger partial charge < -0.3 is 14.8 Å². The molecule has 1 N–H and O–H groups in total. The van der Waals surface area contributed by atoms with Crippen LogP contribution in [-0.4, -0.2) is 31.8 Å². The van der Waals surface area contributed by atoms with Crippen molar-refractivity contribution in [3.8, 4) is 0 Å². The largest absolute Gasteiger partial charge is 0.466 e. The van der Waals surface area contributed by atoms with Crippen LogP contribution in [0.3, 0.4) is 0 Å². The molecule has 0 unspecified atom stereocenters. The van der Waals surface area contributed by atoms with Crippen molar-refractivity contribution in [2.45, 2.75) is 65.2 Å². The summed E-state index contributed by atoms with van der Waals surface area (Å²) < 4.78 is 10.0. The van der Waals surface area contributed by atoms with Crippen molar-refractivity contribution >= 4 is 12.1 Å². The molecule has 0 saturated carbocycles. The molecule has 0 atom stereocenters. The highest BCUT2D eigenvalue weighted by atomic mass is 16.5. The van der Waals surface area contributed by atoms with E-state index in [-0.39, 0.29) is 12.1 Å². The van der Waals surface area contributed by atoms with Gasteiger partial charge in [-0.3, -0.25) is 4.79 Å². The van der Waals surface area contributed by atoms with Crippen molar-refractivity contribution < 1.29 is 19.1 Å². The summed E-state index contributed by atoms with van der Waals surface area (Å²) in [6.07, 6.45) is 6.54. The lowest BCUT2D eigenvalue weighted by atomic mass is 10.2. The molecule has 0 aliphatic rings. The van der Waals surface area contributed by atoms with Gasteiger partial charge in [-0.05, 0) is 25.7 Å². The highest BCUT2D eigenvalue weighted by Gasteiger charge is 2.03. The minimum atomic E-state index is -0.350. The maximum absolute atomic E-state index is 11.3. The molecule has 0 saturated heterocycles. The molecule has 0 fully saturated rings. The Labute approximate surface area is 122 Å². The van der Waals surface area contributed by atoms with Crippen molar-refractivity contribution in [3.05, 3.63) is 0 Å². The van der Waals surface area contributed by atoms with Crippen LogP contribution in [0.25, 0.3) is 0 Å². The van der Waals surface area contributed by atoms with E-state index in [2.05, 4.69) is 19.2 Å². The molecule has 0 rings (SSSR count). The quantitative estimate of drug-likeness (QED) is 0.441. The summed E-state index contributed by atoms with van der Waals surface area (Å²) in [5.41, 5.74) is 0. The van der Waals surface area contributed by atoms with Crippen LogP contribution < -0.4 is 5.32 Å². The van der Waals surface area contributed by atoms with Crippen LogP contribution in [0.15, 0.2) is 0 Å². The second-order valence-corrected chi connectivity index (χ2v) is 4.80. The summed E-state index contributed by atoms with van der Waals surface area (Å²) in [5, 5.41) is 2.69. The first-order valence-corrected chi connectivity index (χ1v) is 7.77. The molecule has 0 aromatic carbocycles. The van der Waals surface area contributed by atoms with Gasteiger partial charge in [-0.2, -0.15) is 0 Å². The normalized spacial score (nSPS) is 10.1. The van der Waals surface area contributed by atoms with Gasteiger partial charge >= 0.3 is 12.1 Å². The maximum Gasteiger partial charge on any atom is 0.407 e. The van der Waals surface area contributed by atoms with Gasteiger partial charge in [0.05, 0.1) is 13.2 Å². The summed E-state index contributed by atoms with van der Waals surface area (Å²) in [6.45, 7) is 5.71. The molecular formula is C15H29NO4. The average molecular weight is 287 g/mol. The molecule has 20 heavy (non-hydrogen) atoms. The Hall–Kier alpha value is -1.26. The predicted octanol–water partition coefficient (Wildman–Crippen LogP) is 3.42. The van der Waals surface area contributed by atoms with Crippen molar-refractivity contribution in [2.24, 2.45) is 0 Å². The minimum absolute atomic E-state index is 0.120. The molecule has 0 spiro atoms. The lowest BCUT2D eigenvalue weighted by molar-refractivity contribution is -0.143. The number of alkyl carbamates (subject to hydrolysis) is 1. The topological polar surface area (TPSA) is 64.6 Å². The van der Waals surface area contributed by atoms with Crippen LogP contribution in [0, 0.1) is 0 Å². The SMILES string of the molecule is CCCCOC(=O)CCCCCNC(=O)OCCCC. The summed E-state index contributed by atoms with van der Waals surface area (Å²) in [7, 11) is 0. The van der Waals surface area contributed by atoms with Crippen LogP contribution in [0.4, 0.5) is 4.79 Å². The number of ether oxygens (including phenoxy) is 2. The van der Waals surface area contributed by atoms with E-state index in [1.54, 1.807) is 0 Å². The molecule has 0 aliphatic carbocycles. The molecule has 118 valence electrons. The zero-order valence-corrected chi connectivity index (χ0v) is 12.9. The number of nitrogens with one attached hydrogen (secondary N) is 1. The number of carbonyl (C=O) groups is 2. The van der Waals surface area contributed by atoms with Crippen LogP contribution in [0.2, 0.25) is 0 Å². The molecule has 0 aliphatic heterocycles. The Morgan fingerprint density at radius 3 is 2.15 bits per heavy atom. The lowest BCUT2D eigenvalue weighted by Gasteiger charge is -2.06. The van der Waals surface area contributed by atoms with Gasteiger partial charge in [0.25, 0.3) is 0 Å². The third-order valence-electron chi connectivity index (χ3n) is 2.82. The molecule has 0 bridgehead atoms. The fourth-order valence-electron chi connectivity index (χ4n) is 1.52. The smallest absolute Gasteiger partial charge is 0.407 e. The van der Waals surface area contributed by atoms with E-state index in [4.69, 9.17) is 9.47 Å². The monoisotopic (exact) mass is 287 g/mol. The van der Waals surface area contributed by atoms with Gasteiger partial charge in [0.2, 0.25) is 0 Å². The van der Waals surface area contributed by atoms with E-state index < -0.39 is 0 Å². The van der Waals surface area contributed by atoms with Gasteiger partial charge in [-0.1, -0.05) is 33.1 Å². The van der Waals surface area contributed by atoms with Crippen LogP contribution in [0.1, 0.15) is 65.2 Å². The highest BCUT2D eigenvalue weighted by molar-refractivity contribution is 5.69. The molecule has 5 nitrogen and oxygen atoms in total. The summed E-state index contributed by atoms with van der Waals surface area (Å²) in [4.78, 5) is 22.5. The number of carbonyl (C=O) groups excluding carboxylic acids is 2. The van der Waals surface area contributed by atoms with Crippen molar-refractivity contribution in [1.82, 2.24) is 5.32 Å². The zero-order valence-electron chi connectivity index (χ0n) is 12.9. The standard InChI is InChI=1S/C15H29NO4/c1-3-5-12-19-14(17)10-8-7-9-11-16-15(18)20-13-6-4-2/h3-13H2,1-2H3,(H,16,18). The number of hydrogen-bond acceptors (Lipinski definition) is 4. The van der Waals surface area contributed by atoms with E-state index in [1.165, 1.54) is 0 Å². The van der Waals surface area contributed by atoms with Crippen molar-refractivity contribution in [2.75, 3.05) is 19.8 Å². The van der Waals surface area contributed by atoms with Gasteiger partial charge in [0.1, 0.15) is 0 Å². The maximum atomic E-state index is 11.3. The van der Waals surface area contributed by atoms with E-state index in [0.717, 1.165) is 44.9 Å². The van der Waals surface area contributed by atoms with Crippen LogP contribution in [0.5, 0.6) is 0 Å². The molecule has 5 heteroatoms. The number of rotatable bonds is 12. The first-order valence-electron chi connectivity index (χ1n) is 7.77. The molecule has 1 amide bonds. The Morgan fingerprint density at radius 2 is 1.50 bits per heavy atom. The fourth-order valence-corrected chi connectivity index (χ4v) is 1.52. The van der Waals surface area contributed by atoms with E-state index in [0.29, 0.717) is 26.2 Å². The summed E-state index contributed by atoms with van der Waals surface area (Å²) in [5.74, 6) is -0.120. The van der Waals surface area contributed by atoms with Gasteiger partial charge in [-0.25, -0.2) is 4.79 Å².